The molecule has 0 aromatic carbocycles. The lowest BCUT2D eigenvalue weighted by molar-refractivity contribution is -0.138. The van der Waals surface area contributed by atoms with Crippen LogP contribution in [0.3, 0.4) is 0 Å². The second-order valence-electron chi connectivity index (χ2n) is 9.18. The van der Waals surface area contributed by atoms with Crippen LogP contribution in [0.5, 0.6) is 0 Å². The monoisotopic (exact) mass is 496 g/mol. The number of carboxylic acid groups (broad SMARTS) is 1. The van der Waals surface area contributed by atoms with Crippen molar-refractivity contribution in [2.45, 2.75) is 44.6 Å². The zero-order valence-electron chi connectivity index (χ0n) is 21.1. The fourth-order valence-electron chi connectivity index (χ4n) is 4.52. The topological polar surface area (TPSA) is 130 Å². The van der Waals surface area contributed by atoms with Crippen molar-refractivity contribution in [1.29, 1.82) is 0 Å². The van der Waals surface area contributed by atoms with E-state index in [1.807, 2.05) is 0 Å². The molecule has 3 aromatic rings. The molecule has 0 fully saturated rings. The smallest absolute Gasteiger partial charge is 0.326 e. The summed E-state index contributed by atoms with van der Waals surface area (Å²) < 4.78 is 6.92. The van der Waals surface area contributed by atoms with E-state index >= 15 is 0 Å². The number of aliphatic carboxylic acids is 1. The van der Waals surface area contributed by atoms with E-state index in [0.29, 0.717) is 36.4 Å². The Kier molecular flexibility index (Phi) is 9.01. The minimum atomic E-state index is -0.913. The van der Waals surface area contributed by atoms with Crippen LogP contribution in [0.25, 0.3) is 11.0 Å². The van der Waals surface area contributed by atoms with E-state index in [0.717, 1.165) is 63.3 Å². The molecule has 1 aliphatic rings. The van der Waals surface area contributed by atoms with Gasteiger partial charge >= 0.3 is 5.97 Å². The van der Waals surface area contributed by atoms with Gasteiger partial charge in [-0.05, 0) is 56.7 Å². The Bertz CT molecular complexity index is 1150. The van der Waals surface area contributed by atoms with Crippen LogP contribution in [0.1, 0.15) is 36.9 Å². The molecule has 0 amide bonds. The van der Waals surface area contributed by atoms with Gasteiger partial charge in [-0.2, -0.15) is 5.10 Å². The van der Waals surface area contributed by atoms with E-state index in [1.165, 1.54) is 11.9 Å². The molecule has 194 valence electrons. The van der Waals surface area contributed by atoms with E-state index in [1.54, 1.807) is 25.0 Å². The lowest BCUT2D eigenvalue weighted by Crippen LogP contribution is -2.37. The number of methoxy groups -OCH3 is 1. The average Bonchev–Trinajstić information content (AvgIpc) is 3.28. The molecule has 1 atom stereocenters. The molecule has 0 radical (unpaired) electrons. The molecule has 4 heterocycles. The van der Waals surface area contributed by atoms with Crippen molar-refractivity contribution < 1.29 is 14.6 Å². The number of fused-ring (bicyclic) bond motifs is 2. The predicted octanol–water partition coefficient (Wildman–Crippen LogP) is 2.34. The fraction of sp³-hybridized carbons (Fsp3) is 0.560. The van der Waals surface area contributed by atoms with Crippen LogP contribution in [0.2, 0.25) is 0 Å². The van der Waals surface area contributed by atoms with Crippen LogP contribution >= 0.6 is 0 Å². The molecule has 0 aliphatic carbocycles. The standard InChI is InChI=1S/C25H36N8O3/c1-32-24-20(16-29-32)23(27-17-28-24)31-21(25(34)35)10-13-33(14-15-36-2)12-4-3-7-19-9-8-18-6-5-11-26-22(18)30-19/h8-9,16-17,21H,3-7,10-15H2,1-2H3,(H,26,30)(H,34,35)(H,27,28,31). The van der Waals surface area contributed by atoms with Crippen LogP contribution in [-0.4, -0.2) is 86.6 Å². The Balaban J connectivity index is 1.29. The summed E-state index contributed by atoms with van der Waals surface area (Å²) in [5.41, 5.74) is 3.08. The number of carbonyl (C=O) groups is 1. The number of rotatable bonds is 14. The van der Waals surface area contributed by atoms with Gasteiger partial charge in [-0.1, -0.05) is 6.07 Å². The van der Waals surface area contributed by atoms with Gasteiger partial charge in [-0.15, -0.1) is 0 Å². The number of hydrogen-bond acceptors (Lipinski definition) is 9. The first kappa shape index (κ1) is 25.8. The van der Waals surface area contributed by atoms with E-state index in [9.17, 15) is 9.90 Å². The third-order valence-electron chi connectivity index (χ3n) is 6.59. The van der Waals surface area contributed by atoms with Gasteiger partial charge in [0.2, 0.25) is 0 Å². The van der Waals surface area contributed by atoms with Crippen molar-refractivity contribution >= 4 is 28.6 Å². The highest BCUT2D eigenvalue weighted by molar-refractivity contribution is 5.88. The fourth-order valence-corrected chi connectivity index (χ4v) is 4.52. The summed E-state index contributed by atoms with van der Waals surface area (Å²) in [5, 5.41) is 21.2. The first-order valence-corrected chi connectivity index (χ1v) is 12.6. The Labute approximate surface area is 211 Å². The average molecular weight is 497 g/mol. The third-order valence-corrected chi connectivity index (χ3v) is 6.59. The number of pyridine rings is 1. The highest BCUT2D eigenvalue weighted by Gasteiger charge is 2.21. The normalized spacial score (nSPS) is 14.0. The number of nitrogens with zero attached hydrogens (tertiary/aromatic N) is 6. The van der Waals surface area contributed by atoms with Crippen LogP contribution in [0, 0.1) is 0 Å². The lowest BCUT2D eigenvalue weighted by atomic mass is 10.1. The van der Waals surface area contributed by atoms with Crippen LogP contribution < -0.4 is 10.6 Å². The lowest BCUT2D eigenvalue weighted by Gasteiger charge is -2.24. The van der Waals surface area contributed by atoms with Crippen molar-refractivity contribution in [3.05, 3.63) is 35.9 Å². The Morgan fingerprint density at radius 1 is 1.28 bits per heavy atom. The Hall–Kier alpha value is -3.31. The zero-order chi connectivity index (χ0) is 25.3. The van der Waals surface area contributed by atoms with Gasteiger partial charge in [0.15, 0.2) is 5.65 Å². The van der Waals surface area contributed by atoms with E-state index < -0.39 is 12.0 Å². The number of unbranched alkanes of at least 4 members (excludes halogenated alkanes) is 1. The van der Waals surface area contributed by atoms with Gasteiger partial charge in [0, 0.05) is 39.5 Å². The summed E-state index contributed by atoms with van der Waals surface area (Å²) in [7, 11) is 3.48. The summed E-state index contributed by atoms with van der Waals surface area (Å²) in [4.78, 5) is 27.5. The van der Waals surface area contributed by atoms with Crippen molar-refractivity contribution in [3.8, 4) is 0 Å². The number of carboxylic acids is 1. The number of aryl methyl sites for hydroxylation is 3. The molecule has 36 heavy (non-hydrogen) atoms. The van der Waals surface area contributed by atoms with E-state index in [-0.39, 0.29) is 0 Å². The van der Waals surface area contributed by atoms with Gasteiger partial charge in [0.25, 0.3) is 0 Å². The molecule has 11 nitrogen and oxygen atoms in total. The Morgan fingerprint density at radius 3 is 3.00 bits per heavy atom. The molecular formula is C25H36N8O3. The molecule has 1 aliphatic heterocycles. The van der Waals surface area contributed by atoms with Gasteiger partial charge < -0.3 is 25.4 Å². The molecule has 3 aromatic heterocycles. The number of nitrogens with one attached hydrogen (secondary N) is 2. The maximum absolute atomic E-state index is 12.0. The second kappa shape index (κ2) is 12.6. The molecule has 3 N–H and O–H groups in total. The van der Waals surface area contributed by atoms with Gasteiger partial charge in [-0.3, -0.25) is 4.68 Å². The molecule has 11 heteroatoms. The quantitative estimate of drug-likeness (QED) is 0.286. The number of hydrogen-bond donors (Lipinski definition) is 3. The minimum Gasteiger partial charge on any atom is -0.480 e. The van der Waals surface area contributed by atoms with E-state index in [2.05, 4.69) is 42.7 Å². The van der Waals surface area contributed by atoms with Crippen molar-refractivity contribution in [2.75, 3.05) is 50.5 Å². The maximum Gasteiger partial charge on any atom is 0.326 e. The number of anilines is 2. The van der Waals surface area contributed by atoms with Gasteiger partial charge in [0.1, 0.15) is 24.0 Å². The summed E-state index contributed by atoms with van der Waals surface area (Å²) >= 11 is 0. The summed E-state index contributed by atoms with van der Waals surface area (Å²) in [6, 6.07) is 3.56. The molecule has 4 rings (SSSR count). The summed E-state index contributed by atoms with van der Waals surface area (Å²) in [6.07, 6.45) is 8.72. The van der Waals surface area contributed by atoms with Gasteiger partial charge in [-0.25, -0.2) is 19.7 Å². The molecule has 0 saturated heterocycles. The Morgan fingerprint density at radius 2 is 2.17 bits per heavy atom. The summed E-state index contributed by atoms with van der Waals surface area (Å²) in [6.45, 7) is 3.86. The molecule has 1 unspecified atom stereocenters. The number of aromatic nitrogens is 5. The summed E-state index contributed by atoms with van der Waals surface area (Å²) in [5.74, 6) is 0.611. The molecular weight excluding hydrogens is 460 g/mol. The molecule has 0 saturated carbocycles. The maximum atomic E-state index is 12.0. The minimum absolute atomic E-state index is 0.433. The van der Waals surface area contributed by atoms with Crippen molar-refractivity contribution in [3.63, 3.8) is 0 Å². The largest absolute Gasteiger partial charge is 0.480 e. The van der Waals surface area contributed by atoms with Crippen molar-refractivity contribution in [2.24, 2.45) is 7.05 Å². The van der Waals surface area contributed by atoms with Crippen LogP contribution in [-0.2, 0) is 29.4 Å². The van der Waals surface area contributed by atoms with Crippen molar-refractivity contribution in [1.82, 2.24) is 29.6 Å². The number of ether oxygens (including phenoxy) is 1. The SMILES string of the molecule is COCCN(CCCCc1ccc2c(n1)NCCC2)CCC(Nc1ncnc2c1cnn2C)C(=O)O. The highest BCUT2D eigenvalue weighted by Crippen LogP contribution is 2.21. The first-order chi connectivity index (χ1) is 17.5. The molecule has 0 bridgehead atoms. The highest BCUT2D eigenvalue weighted by atomic mass is 16.5. The first-order valence-electron chi connectivity index (χ1n) is 12.6. The van der Waals surface area contributed by atoms with E-state index in [4.69, 9.17) is 9.72 Å². The van der Waals surface area contributed by atoms with Crippen LogP contribution in [0.15, 0.2) is 24.7 Å². The van der Waals surface area contributed by atoms with Crippen LogP contribution in [0.4, 0.5) is 11.6 Å². The molecule has 0 spiro atoms. The third kappa shape index (κ3) is 6.67. The predicted molar refractivity (Wildman–Crippen MR) is 138 cm³/mol. The zero-order valence-corrected chi connectivity index (χ0v) is 21.1. The van der Waals surface area contributed by atoms with Gasteiger partial charge in [0.05, 0.1) is 18.2 Å². The second-order valence-corrected chi connectivity index (χ2v) is 9.18.